The van der Waals surface area contributed by atoms with Gasteiger partial charge in [0.2, 0.25) is 21.8 Å². The van der Waals surface area contributed by atoms with Crippen molar-refractivity contribution >= 4 is 38.3 Å². The molecule has 0 aromatic heterocycles. The third-order valence-electron chi connectivity index (χ3n) is 4.91. The summed E-state index contributed by atoms with van der Waals surface area (Å²) in [6.45, 7) is 1.34. The fourth-order valence-corrected chi connectivity index (χ4v) is 4.34. The summed E-state index contributed by atoms with van der Waals surface area (Å²) in [6.07, 6.45) is 0.764. The Morgan fingerprint density at radius 2 is 1.58 bits per heavy atom. The van der Waals surface area contributed by atoms with Crippen molar-refractivity contribution in [2.45, 2.75) is 18.2 Å². The van der Waals surface area contributed by atoms with Crippen LogP contribution in [0, 0.1) is 0 Å². The molecule has 0 saturated heterocycles. The highest BCUT2D eigenvalue weighted by Gasteiger charge is 2.23. The van der Waals surface area contributed by atoms with Crippen molar-refractivity contribution in [1.29, 1.82) is 0 Å². The van der Waals surface area contributed by atoms with Gasteiger partial charge in [0.1, 0.15) is 0 Å². The van der Waals surface area contributed by atoms with Crippen molar-refractivity contribution in [3.05, 3.63) is 72.3 Å². The van der Waals surface area contributed by atoms with Crippen LogP contribution >= 0.6 is 0 Å². The van der Waals surface area contributed by atoms with E-state index in [2.05, 4.69) is 10.6 Å². The van der Waals surface area contributed by atoms with E-state index >= 15 is 0 Å². The average Bonchev–Trinajstić information content (AvgIpc) is 2.77. The summed E-state index contributed by atoms with van der Waals surface area (Å²) in [5.41, 5.74) is 1.68. The summed E-state index contributed by atoms with van der Waals surface area (Å²) in [6, 6.07) is 19.7. The Hall–Kier alpha value is -3.23. The lowest BCUT2D eigenvalue weighted by molar-refractivity contribution is -0.124. The first-order chi connectivity index (χ1) is 14.8. The maximum atomic E-state index is 12.8. The number of fused-ring (bicyclic) bond motifs is 1. The summed E-state index contributed by atoms with van der Waals surface area (Å²) < 4.78 is 26.6. The number of hydrogen-bond acceptors (Lipinski definition) is 4. The lowest BCUT2D eigenvalue weighted by Gasteiger charge is -2.17. The number of amides is 2. The zero-order valence-electron chi connectivity index (χ0n) is 17.5. The van der Waals surface area contributed by atoms with Gasteiger partial charge in [-0.2, -0.15) is 4.31 Å². The normalized spacial score (nSPS) is 11.5. The Labute approximate surface area is 182 Å². The van der Waals surface area contributed by atoms with E-state index in [1.54, 1.807) is 18.2 Å². The van der Waals surface area contributed by atoms with Crippen LogP contribution in [0.4, 0.5) is 5.69 Å². The van der Waals surface area contributed by atoms with Crippen molar-refractivity contribution in [3.63, 3.8) is 0 Å². The first kappa shape index (κ1) is 22.5. The minimum Gasteiger partial charge on any atom is -0.346 e. The Kier molecular flexibility index (Phi) is 7.04. The number of carbonyl (C=O) groups is 2. The van der Waals surface area contributed by atoms with E-state index in [1.807, 2.05) is 49.4 Å². The first-order valence-electron chi connectivity index (χ1n) is 9.91. The largest absolute Gasteiger partial charge is 0.346 e. The van der Waals surface area contributed by atoms with Gasteiger partial charge in [-0.1, -0.05) is 55.5 Å². The molecule has 3 rings (SSSR count). The number of benzene rings is 3. The van der Waals surface area contributed by atoms with Gasteiger partial charge in [-0.25, -0.2) is 8.42 Å². The van der Waals surface area contributed by atoms with Crippen LogP contribution in [0.3, 0.4) is 0 Å². The van der Waals surface area contributed by atoms with Crippen LogP contribution < -0.4 is 10.6 Å². The molecule has 3 aromatic carbocycles. The molecule has 0 aliphatic carbocycles. The van der Waals surface area contributed by atoms with E-state index in [-0.39, 0.29) is 17.3 Å². The molecule has 8 heteroatoms. The average molecular weight is 440 g/mol. The van der Waals surface area contributed by atoms with Gasteiger partial charge >= 0.3 is 0 Å². The number of aryl methyl sites for hydroxylation is 1. The Morgan fingerprint density at radius 3 is 2.32 bits per heavy atom. The molecule has 31 heavy (non-hydrogen) atoms. The van der Waals surface area contributed by atoms with Gasteiger partial charge in [0.25, 0.3) is 0 Å². The zero-order valence-corrected chi connectivity index (χ0v) is 18.3. The number of nitrogens with one attached hydrogen (secondary N) is 2. The number of hydrogen-bond donors (Lipinski definition) is 2. The number of anilines is 1. The van der Waals surface area contributed by atoms with Crippen LogP contribution in [0.25, 0.3) is 10.8 Å². The molecule has 0 fully saturated rings. The van der Waals surface area contributed by atoms with Crippen LogP contribution in [-0.4, -0.2) is 44.7 Å². The van der Waals surface area contributed by atoms with Crippen LogP contribution in [-0.2, 0) is 26.0 Å². The first-order valence-corrected chi connectivity index (χ1v) is 11.3. The molecule has 0 aliphatic heterocycles. The van der Waals surface area contributed by atoms with Crippen LogP contribution in [0.2, 0.25) is 0 Å². The fraction of sp³-hybridized carbons (Fsp3) is 0.217. The zero-order chi connectivity index (χ0) is 22.4. The van der Waals surface area contributed by atoms with Crippen molar-refractivity contribution in [2.75, 3.05) is 25.5 Å². The van der Waals surface area contributed by atoms with E-state index in [1.165, 1.54) is 13.1 Å². The van der Waals surface area contributed by atoms with Crippen molar-refractivity contribution in [1.82, 2.24) is 9.62 Å². The van der Waals surface area contributed by atoms with Gasteiger partial charge < -0.3 is 10.6 Å². The molecular weight excluding hydrogens is 414 g/mol. The van der Waals surface area contributed by atoms with Crippen LogP contribution in [0.5, 0.6) is 0 Å². The Bertz CT molecular complexity index is 1210. The van der Waals surface area contributed by atoms with Gasteiger partial charge in [-0.3, -0.25) is 9.59 Å². The highest BCUT2D eigenvalue weighted by atomic mass is 32.2. The third kappa shape index (κ3) is 5.48. The number of nitrogens with zero attached hydrogens (tertiary/aromatic N) is 1. The highest BCUT2D eigenvalue weighted by Crippen LogP contribution is 2.21. The van der Waals surface area contributed by atoms with Gasteiger partial charge in [-0.05, 0) is 41.0 Å². The molecule has 0 saturated carbocycles. The molecule has 3 aromatic rings. The minimum absolute atomic E-state index is 0.107. The quantitative estimate of drug-likeness (QED) is 0.564. The monoisotopic (exact) mass is 439 g/mol. The highest BCUT2D eigenvalue weighted by molar-refractivity contribution is 7.89. The van der Waals surface area contributed by atoms with Gasteiger partial charge in [0.15, 0.2) is 0 Å². The summed E-state index contributed by atoms with van der Waals surface area (Å²) in [7, 11) is -2.51. The molecule has 0 atom stereocenters. The molecule has 7 nitrogen and oxygen atoms in total. The second-order valence-electron chi connectivity index (χ2n) is 7.11. The van der Waals surface area contributed by atoms with E-state index in [4.69, 9.17) is 0 Å². The summed E-state index contributed by atoms with van der Waals surface area (Å²) in [5, 5.41) is 6.95. The van der Waals surface area contributed by atoms with Crippen molar-refractivity contribution in [2.24, 2.45) is 0 Å². The van der Waals surface area contributed by atoms with Gasteiger partial charge in [0.05, 0.1) is 18.0 Å². The number of likely N-dealkylation sites (N-methyl/N-ethyl adjacent to an activating group) is 1. The summed E-state index contributed by atoms with van der Waals surface area (Å²) in [5.74, 6) is -0.944. The van der Waals surface area contributed by atoms with E-state index in [0.717, 1.165) is 27.1 Å². The molecular formula is C23H25N3O4S. The van der Waals surface area contributed by atoms with E-state index in [9.17, 15) is 18.0 Å². The predicted octanol–water partition coefficient (Wildman–Crippen LogP) is 2.78. The van der Waals surface area contributed by atoms with Crippen molar-refractivity contribution in [3.8, 4) is 0 Å². The predicted molar refractivity (Wildman–Crippen MR) is 121 cm³/mol. The van der Waals surface area contributed by atoms with Crippen LogP contribution in [0.1, 0.15) is 12.5 Å². The van der Waals surface area contributed by atoms with Gasteiger partial charge in [-0.15, -0.1) is 0 Å². The van der Waals surface area contributed by atoms with Gasteiger partial charge in [0, 0.05) is 12.7 Å². The summed E-state index contributed by atoms with van der Waals surface area (Å²) in [4.78, 5) is 24.5. The SMILES string of the molecule is CCc1ccccc1NC(=O)CNC(=O)CN(C)S(=O)(=O)c1ccc2ccccc2c1. The molecule has 0 heterocycles. The maximum Gasteiger partial charge on any atom is 0.243 e. The molecule has 2 N–H and O–H groups in total. The van der Waals surface area contributed by atoms with Crippen LogP contribution in [0.15, 0.2) is 71.6 Å². The topological polar surface area (TPSA) is 95.6 Å². The molecule has 0 radical (unpaired) electrons. The number of para-hydroxylation sites is 1. The van der Waals surface area contributed by atoms with Crippen molar-refractivity contribution < 1.29 is 18.0 Å². The number of rotatable bonds is 8. The molecule has 0 spiro atoms. The standard InChI is InChI=1S/C23H25N3O4S/c1-3-17-8-6-7-11-21(17)25-22(27)15-24-23(28)16-26(2)31(29,30)20-13-12-18-9-4-5-10-19(18)14-20/h4-14H,3,15-16H2,1-2H3,(H,24,28)(H,25,27). The molecule has 0 unspecified atom stereocenters. The third-order valence-corrected chi connectivity index (χ3v) is 6.71. The lowest BCUT2D eigenvalue weighted by atomic mass is 10.1. The summed E-state index contributed by atoms with van der Waals surface area (Å²) >= 11 is 0. The minimum atomic E-state index is -3.85. The van der Waals surface area contributed by atoms with E-state index < -0.39 is 22.5 Å². The second kappa shape index (κ2) is 9.72. The Balaban J connectivity index is 1.58. The van der Waals surface area contributed by atoms with E-state index in [0.29, 0.717) is 5.69 Å². The smallest absolute Gasteiger partial charge is 0.243 e. The second-order valence-corrected chi connectivity index (χ2v) is 9.15. The maximum absolute atomic E-state index is 12.8. The molecule has 0 bridgehead atoms. The lowest BCUT2D eigenvalue weighted by Crippen LogP contribution is -2.41. The molecule has 162 valence electrons. The number of sulfonamides is 1. The molecule has 2 amide bonds. The fourth-order valence-electron chi connectivity index (χ4n) is 3.17. The molecule has 0 aliphatic rings. The number of carbonyl (C=O) groups excluding carboxylic acids is 2. The Morgan fingerprint density at radius 1 is 0.903 bits per heavy atom.